The number of hydrogen-bond acceptors (Lipinski definition) is 4. The van der Waals surface area contributed by atoms with Gasteiger partial charge in [-0.15, -0.1) is 0 Å². The molecule has 0 saturated carbocycles. The molecule has 0 heterocycles. The second-order valence-corrected chi connectivity index (χ2v) is 1.23. The lowest BCUT2D eigenvalue weighted by Gasteiger charge is -2.06. The summed E-state index contributed by atoms with van der Waals surface area (Å²) >= 11 is 0. The Bertz CT molecular complexity index is 39.9. The predicted octanol–water partition coefficient (Wildman–Crippen LogP) is -0.673. The van der Waals surface area contributed by atoms with Crippen LogP contribution in [0.1, 0.15) is 0 Å². The SMILES string of the molecule is CN(C)OCON. The van der Waals surface area contributed by atoms with Crippen molar-refractivity contribution in [1.29, 1.82) is 0 Å². The molecule has 0 saturated heterocycles. The molecule has 0 radical (unpaired) electrons. The van der Waals surface area contributed by atoms with Gasteiger partial charge in [-0.3, -0.25) is 9.68 Å². The van der Waals surface area contributed by atoms with Crippen LogP contribution in [0.2, 0.25) is 0 Å². The van der Waals surface area contributed by atoms with E-state index < -0.39 is 0 Å². The highest BCUT2D eigenvalue weighted by molar-refractivity contribution is 4.01. The fourth-order valence-corrected chi connectivity index (χ4v) is 0.136. The second kappa shape index (κ2) is 4.01. The lowest BCUT2D eigenvalue weighted by Crippen LogP contribution is -2.16. The van der Waals surface area contributed by atoms with Gasteiger partial charge in [0, 0.05) is 14.1 Å². The molecule has 0 amide bonds. The maximum Gasteiger partial charge on any atom is 0.186 e. The van der Waals surface area contributed by atoms with E-state index in [4.69, 9.17) is 0 Å². The van der Waals surface area contributed by atoms with Gasteiger partial charge in [0.15, 0.2) is 6.79 Å². The van der Waals surface area contributed by atoms with E-state index in [0.717, 1.165) is 0 Å². The van der Waals surface area contributed by atoms with Gasteiger partial charge in [-0.25, -0.2) is 5.90 Å². The summed E-state index contributed by atoms with van der Waals surface area (Å²) in [6.07, 6.45) is 0. The van der Waals surface area contributed by atoms with E-state index in [2.05, 4.69) is 15.6 Å². The van der Waals surface area contributed by atoms with Crippen molar-refractivity contribution in [3.05, 3.63) is 0 Å². The van der Waals surface area contributed by atoms with Crippen molar-refractivity contribution in [3.8, 4) is 0 Å². The number of nitrogens with two attached hydrogens (primary N) is 1. The molecule has 0 atom stereocenters. The van der Waals surface area contributed by atoms with Crippen molar-refractivity contribution in [2.24, 2.45) is 5.90 Å². The van der Waals surface area contributed by atoms with E-state index >= 15 is 0 Å². The van der Waals surface area contributed by atoms with Crippen molar-refractivity contribution < 1.29 is 9.68 Å². The molecule has 0 aromatic carbocycles. The number of nitrogens with zero attached hydrogens (tertiary/aromatic N) is 1. The Hall–Kier alpha value is -0.160. The summed E-state index contributed by atoms with van der Waals surface area (Å²) in [6.45, 7) is 0.104. The molecule has 2 N–H and O–H groups in total. The molecule has 0 bridgehead atoms. The Kier molecular flexibility index (Phi) is 3.92. The molecule has 0 aromatic rings. The van der Waals surface area contributed by atoms with Gasteiger partial charge in [-0.2, -0.15) is 5.06 Å². The first-order valence-corrected chi connectivity index (χ1v) is 1.89. The maximum atomic E-state index is 4.68. The van der Waals surface area contributed by atoms with Gasteiger partial charge >= 0.3 is 0 Å². The van der Waals surface area contributed by atoms with Crippen LogP contribution >= 0.6 is 0 Å². The van der Waals surface area contributed by atoms with Crippen LogP contribution in [-0.2, 0) is 9.68 Å². The molecule has 4 heteroatoms. The van der Waals surface area contributed by atoms with Gasteiger partial charge in [-0.05, 0) is 0 Å². The van der Waals surface area contributed by atoms with Crippen LogP contribution in [0.3, 0.4) is 0 Å². The van der Waals surface area contributed by atoms with E-state index in [1.54, 1.807) is 14.1 Å². The molecule has 44 valence electrons. The van der Waals surface area contributed by atoms with Crippen molar-refractivity contribution >= 4 is 0 Å². The van der Waals surface area contributed by atoms with E-state index in [0.29, 0.717) is 0 Å². The van der Waals surface area contributed by atoms with Crippen molar-refractivity contribution in [1.82, 2.24) is 5.06 Å². The first kappa shape index (κ1) is 6.84. The third-order valence-electron chi connectivity index (χ3n) is 0.379. The molecule has 4 nitrogen and oxygen atoms in total. The maximum absolute atomic E-state index is 4.68. The van der Waals surface area contributed by atoms with Crippen molar-refractivity contribution in [2.75, 3.05) is 20.9 Å². The van der Waals surface area contributed by atoms with Crippen molar-refractivity contribution in [3.63, 3.8) is 0 Å². The van der Waals surface area contributed by atoms with Crippen LogP contribution in [0, 0.1) is 0 Å². The molecule has 0 unspecified atom stereocenters. The van der Waals surface area contributed by atoms with E-state index in [-0.39, 0.29) is 6.79 Å². The minimum Gasteiger partial charge on any atom is -0.274 e. The molecule has 0 aliphatic rings. The molecule has 0 aliphatic heterocycles. The van der Waals surface area contributed by atoms with Crippen LogP contribution < -0.4 is 5.90 Å². The van der Waals surface area contributed by atoms with Gasteiger partial charge < -0.3 is 0 Å². The summed E-state index contributed by atoms with van der Waals surface area (Å²) in [7, 11) is 3.50. The van der Waals surface area contributed by atoms with Gasteiger partial charge in [0.25, 0.3) is 0 Å². The Morgan fingerprint density at radius 2 is 2.14 bits per heavy atom. The molecule has 7 heavy (non-hydrogen) atoms. The van der Waals surface area contributed by atoms with E-state index in [1.807, 2.05) is 0 Å². The minimum absolute atomic E-state index is 0.104. The van der Waals surface area contributed by atoms with Gasteiger partial charge in [0.1, 0.15) is 0 Å². The molecular formula is C3H10N2O2. The fraction of sp³-hybridized carbons (Fsp3) is 1.00. The monoisotopic (exact) mass is 106 g/mol. The van der Waals surface area contributed by atoms with Crippen LogP contribution in [0.15, 0.2) is 0 Å². The lowest BCUT2D eigenvalue weighted by atomic mass is 11.2. The molecule has 0 fully saturated rings. The normalized spacial score (nSPS) is 10.3. The van der Waals surface area contributed by atoms with Crippen LogP contribution in [0.4, 0.5) is 0 Å². The molecule has 0 aromatic heterocycles. The summed E-state index contributed by atoms with van der Waals surface area (Å²) in [6, 6.07) is 0. The van der Waals surface area contributed by atoms with E-state index in [9.17, 15) is 0 Å². The van der Waals surface area contributed by atoms with Gasteiger partial charge in [0.05, 0.1) is 0 Å². The third kappa shape index (κ3) is 5.84. The Balaban J connectivity index is 2.68. The molecule has 0 aliphatic carbocycles. The fourth-order valence-electron chi connectivity index (χ4n) is 0.136. The minimum atomic E-state index is 0.104. The Morgan fingerprint density at radius 1 is 1.57 bits per heavy atom. The summed E-state index contributed by atoms with van der Waals surface area (Å²) < 4.78 is 0. The zero-order valence-corrected chi connectivity index (χ0v) is 4.55. The third-order valence-corrected chi connectivity index (χ3v) is 0.379. The highest BCUT2D eigenvalue weighted by Gasteiger charge is 1.82. The van der Waals surface area contributed by atoms with Gasteiger partial charge in [-0.1, -0.05) is 0 Å². The Morgan fingerprint density at radius 3 is 2.29 bits per heavy atom. The van der Waals surface area contributed by atoms with E-state index in [1.165, 1.54) is 5.06 Å². The lowest BCUT2D eigenvalue weighted by molar-refractivity contribution is -0.199. The average Bonchev–Trinajstić information content (AvgIpc) is 1.61. The largest absolute Gasteiger partial charge is 0.274 e. The smallest absolute Gasteiger partial charge is 0.186 e. The highest BCUT2D eigenvalue weighted by atomic mass is 16.8. The first-order valence-electron chi connectivity index (χ1n) is 1.89. The summed E-state index contributed by atoms with van der Waals surface area (Å²) in [5.74, 6) is 4.63. The Labute approximate surface area is 42.7 Å². The number of rotatable bonds is 3. The average molecular weight is 106 g/mol. The molecule has 0 rings (SSSR count). The quantitative estimate of drug-likeness (QED) is 0.383. The summed E-state index contributed by atoms with van der Waals surface area (Å²) in [5, 5.41) is 1.51. The molecular weight excluding hydrogens is 96.0 g/mol. The number of hydroxylamine groups is 2. The van der Waals surface area contributed by atoms with Crippen LogP contribution in [-0.4, -0.2) is 26.0 Å². The van der Waals surface area contributed by atoms with Gasteiger partial charge in [0.2, 0.25) is 0 Å². The predicted molar refractivity (Wildman–Crippen MR) is 24.9 cm³/mol. The topological polar surface area (TPSA) is 47.7 Å². The van der Waals surface area contributed by atoms with Crippen LogP contribution in [0.5, 0.6) is 0 Å². The molecule has 0 spiro atoms. The highest BCUT2D eigenvalue weighted by Crippen LogP contribution is 1.73. The zero-order chi connectivity index (χ0) is 5.70. The second-order valence-electron chi connectivity index (χ2n) is 1.23. The summed E-state index contributed by atoms with van der Waals surface area (Å²) in [4.78, 5) is 8.77. The zero-order valence-electron chi connectivity index (χ0n) is 4.55. The van der Waals surface area contributed by atoms with Crippen LogP contribution in [0.25, 0.3) is 0 Å². The standard InChI is InChI=1S/C3H10N2O2/c1-5(2)7-3-6-4/h3-4H2,1-2H3. The summed E-state index contributed by atoms with van der Waals surface area (Å²) in [5.41, 5.74) is 0. The number of hydrogen-bond donors (Lipinski definition) is 1. The first-order chi connectivity index (χ1) is 3.27. The van der Waals surface area contributed by atoms with Crippen molar-refractivity contribution in [2.45, 2.75) is 0 Å².